The molecule has 0 radical (unpaired) electrons. The minimum absolute atomic E-state index is 0.256. The molecule has 4 nitrogen and oxygen atoms in total. The summed E-state index contributed by atoms with van der Waals surface area (Å²) in [6.07, 6.45) is 7.58. The molecular weight excluding hydrogens is 307 g/mol. The second-order valence-corrected chi connectivity index (χ2v) is 5.20. The van der Waals surface area contributed by atoms with Crippen LogP contribution < -0.4 is 5.32 Å². The van der Waals surface area contributed by atoms with Gasteiger partial charge in [0.15, 0.2) is 0 Å². The van der Waals surface area contributed by atoms with Crippen molar-refractivity contribution in [2.24, 2.45) is 0 Å². The summed E-state index contributed by atoms with van der Waals surface area (Å²) in [5, 5.41) is 4.24. The lowest BCUT2D eigenvalue weighted by Gasteiger charge is -2.08. The van der Waals surface area contributed by atoms with Crippen LogP contribution in [0.3, 0.4) is 0 Å². The maximum atomic E-state index is 6.02. The average molecular weight is 320 g/mol. The Morgan fingerprint density at radius 3 is 2.74 bits per heavy atom. The zero-order valence-corrected chi connectivity index (χ0v) is 12.4. The Kier molecular flexibility index (Phi) is 5.31. The Balaban J connectivity index is 1.75. The van der Waals surface area contributed by atoms with Crippen molar-refractivity contribution in [2.75, 3.05) is 11.9 Å². The van der Waals surface area contributed by atoms with Crippen LogP contribution in [0.25, 0.3) is 0 Å². The largest absolute Gasteiger partial charge is 0.369 e. The van der Waals surface area contributed by atoms with E-state index < -0.39 is 0 Å². The summed E-state index contributed by atoms with van der Waals surface area (Å²) in [4.78, 5) is 8.09. The first kappa shape index (κ1) is 14.4. The number of aromatic nitrogens is 3. The van der Waals surface area contributed by atoms with E-state index in [1.807, 2.05) is 17.1 Å². The van der Waals surface area contributed by atoms with E-state index in [1.165, 1.54) is 0 Å². The van der Waals surface area contributed by atoms with Crippen molar-refractivity contribution in [3.05, 3.63) is 40.0 Å². The minimum atomic E-state index is 0.256. The number of hydrogen-bond acceptors (Lipinski definition) is 3. The Hall–Kier alpha value is -0.970. The van der Waals surface area contributed by atoms with Crippen molar-refractivity contribution in [1.29, 1.82) is 0 Å². The van der Waals surface area contributed by atoms with Gasteiger partial charge in [-0.2, -0.15) is 0 Å². The fourth-order valence-electron chi connectivity index (χ4n) is 1.61. The fraction of sp³-hybridized carbons (Fsp3) is 0.333. The van der Waals surface area contributed by atoms with Crippen LogP contribution in [0.1, 0.15) is 12.8 Å². The Bertz CT molecular complexity index is 528. The second kappa shape index (κ2) is 6.98. The van der Waals surface area contributed by atoms with Crippen molar-refractivity contribution < 1.29 is 0 Å². The summed E-state index contributed by atoms with van der Waals surface area (Å²) in [6.45, 7) is 1.73. The molecule has 0 unspecified atom stereocenters. The highest BCUT2D eigenvalue weighted by molar-refractivity contribution is 6.42. The van der Waals surface area contributed by atoms with Crippen molar-refractivity contribution in [2.45, 2.75) is 19.4 Å². The smallest absolute Gasteiger partial charge is 0.150 e. The van der Waals surface area contributed by atoms with Gasteiger partial charge in [0, 0.05) is 25.5 Å². The first-order chi connectivity index (χ1) is 9.16. The van der Waals surface area contributed by atoms with Gasteiger partial charge in [-0.05, 0) is 18.9 Å². The van der Waals surface area contributed by atoms with Crippen molar-refractivity contribution >= 4 is 40.6 Å². The van der Waals surface area contributed by atoms with Gasteiger partial charge >= 0.3 is 0 Å². The van der Waals surface area contributed by atoms with Gasteiger partial charge in [0.05, 0.1) is 16.4 Å². The van der Waals surface area contributed by atoms with Crippen LogP contribution in [0, 0.1) is 0 Å². The molecule has 0 saturated carbocycles. The molecule has 102 valence electrons. The van der Waals surface area contributed by atoms with Crippen LogP contribution in [0.15, 0.2) is 24.8 Å². The quantitative estimate of drug-likeness (QED) is 0.643. The number of rotatable bonds is 6. The second-order valence-electron chi connectivity index (χ2n) is 4.03. The van der Waals surface area contributed by atoms with E-state index in [-0.39, 0.29) is 5.15 Å². The molecule has 0 amide bonds. The molecule has 0 aromatic carbocycles. The van der Waals surface area contributed by atoms with Gasteiger partial charge in [0.1, 0.15) is 11.0 Å². The lowest BCUT2D eigenvalue weighted by Crippen LogP contribution is -2.05. The molecule has 1 N–H and O–H groups in total. The standard InChI is InChI=1S/C12H13Cl3N4/c13-9-7-10(14)12(18-11(9)15)17-3-1-2-5-19-6-4-16-8-19/h4,6-8H,1-3,5H2,(H,17,18). The number of unbranched alkanes of at least 4 members (excludes halogenated alkanes) is 1. The molecule has 2 heterocycles. The molecule has 0 aliphatic heterocycles. The zero-order valence-electron chi connectivity index (χ0n) is 10.1. The average Bonchev–Trinajstić information content (AvgIpc) is 2.88. The molecule has 2 aromatic heterocycles. The van der Waals surface area contributed by atoms with Gasteiger partial charge in [-0.25, -0.2) is 9.97 Å². The fourth-order valence-corrected chi connectivity index (χ4v) is 2.18. The summed E-state index contributed by atoms with van der Waals surface area (Å²) in [7, 11) is 0. The zero-order chi connectivity index (χ0) is 13.7. The molecule has 0 spiro atoms. The van der Waals surface area contributed by atoms with Gasteiger partial charge in [-0.15, -0.1) is 0 Å². The van der Waals surface area contributed by atoms with Crippen molar-refractivity contribution in [3.8, 4) is 0 Å². The van der Waals surface area contributed by atoms with Gasteiger partial charge in [-0.1, -0.05) is 34.8 Å². The third kappa shape index (κ3) is 4.27. The number of nitrogens with one attached hydrogen (secondary N) is 1. The number of anilines is 1. The predicted molar refractivity (Wildman–Crippen MR) is 79.2 cm³/mol. The van der Waals surface area contributed by atoms with Gasteiger partial charge in [-0.3, -0.25) is 0 Å². The molecule has 0 saturated heterocycles. The van der Waals surface area contributed by atoms with Crippen molar-refractivity contribution in [3.63, 3.8) is 0 Å². The van der Waals surface area contributed by atoms with E-state index >= 15 is 0 Å². The van der Waals surface area contributed by atoms with E-state index in [1.54, 1.807) is 12.3 Å². The number of aryl methyl sites for hydroxylation is 1. The third-order valence-electron chi connectivity index (χ3n) is 2.58. The summed E-state index contributed by atoms with van der Waals surface area (Å²) < 4.78 is 2.05. The molecule has 19 heavy (non-hydrogen) atoms. The molecular formula is C12H13Cl3N4. The first-order valence-corrected chi connectivity index (χ1v) is 7.01. The van der Waals surface area contributed by atoms with Gasteiger partial charge in [0.2, 0.25) is 0 Å². The van der Waals surface area contributed by atoms with Crippen LogP contribution in [-0.4, -0.2) is 21.1 Å². The molecule has 0 aliphatic rings. The van der Waals surface area contributed by atoms with Crippen LogP contribution in [0.4, 0.5) is 5.82 Å². The van der Waals surface area contributed by atoms with E-state index in [0.717, 1.165) is 25.9 Å². The summed E-state index contributed by atoms with van der Waals surface area (Å²) in [5.74, 6) is 0.568. The van der Waals surface area contributed by atoms with Gasteiger partial charge < -0.3 is 9.88 Å². The summed E-state index contributed by atoms with van der Waals surface area (Å²) in [6, 6.07) is 1.59. The monoisotopic (exact) mass is 318 g/mol. The predicted octanol–water partition coefficient (Wildman–Crippen LogP) is 4.13. The number of halogens is 3. The van der Waals surface area contributed by atoms with Gasteiger partial charge in [0.25, 0.3) is 0 Å². The third-order valence-corrected chi connectivity index (χ3v) is 3.54. The normalized spacial score (nSPS) is 10.7. The van der Waals surface area contributed by atoms with Crippen LogP contribution in [-0.2, 0) is 6.54 Å². The Labute approximate surface area is 126 Å². The summed E-state index contributed by atoms with van der Waals surface area (Å²) in [5.41, 5.74) is 0. The maximum Gasteiger partial charge on any atom is 0.150 e. The highest BCUT2D eigenvalue weighted by atomic mass is 35.5. The summed E-state index contributed by atoms with van der Waals surface area (Å²) >= 11 is 17.7. The van der Waals surface area contributed by atoms with E-state index in [4.69, 9.17) is 34.8 Å². The number of hydrogen-bond donors (Lipinski definition) is 1. The van der Waals surface area contributed by atoms with Crippen LogP contribution >= 0.6 is 34.8 Å². The SMILES string of the molecule is Clc1cc(Cl)c(NCCCCn2ccnc2)nc1Cl. The van der Waals surface area contributed by atoms with Crippen LogP contribution in [0.5, 0.6) is 0 Å². The van der Waals surface area contributed by atoms with E-state index in [0.29, 0.717) is 15.9 Å². The molecule has 0 aliphatic carbocycles. The molecule has 0 fully saturated rings. The minimum Gasteiger partial charge on any atom is -0.369 e. The number of pyridine rings is 1. The first-order valence-electron chi connectivity index (χ1n) is 5.88. The molecule has 2 aromatic rings. The van der Waals surface area contributed by atoms with E-state index in [9.17, 15) is 0 Å². The van der Waals surface area contributed by atoms with Crippen LogP contribution in [0.2, 0.25) is 15.2 Å². The molecule has 0 bridgehead atoms. The molecule has 0 atom stereocenters. The highest BCUT2D eigenvalue weighted by Crippen LogP contribution is 2.28. The highest BCUT2D eigenvalue weighted by Gasteiger charge is 2.06. The lowest BCUT2D eigenvalue weighted by atomic mass is 10.3. The number of imidazole rings is 1. The molecule has 2 rings (SSSR count). The topological polar surface area (TPSA) is 42.7 Å². The molecule has 7 heteroatoms. The Morgan fingerprint density at radius 2 is 2.00 bits per heavy atom. The number of nitrogens with zero attached hydrogens (tertiary/aromatic N) is 3. The maximum absolute atomic E-state index is 6.02. The van der Waals surface area contributed by atoms with E-state index in [2.05, 4.69) is 15.3 Å². The Morgan fingerprint density at radius 1 is 1.16 bits per heavy atom. The lowest BCUT2D eigenvalue weighted by molar-refractivity contribution is 0.620. The van der Waals surface area contributed by atoms with Crippen molar-refractivity contribution in [1.82, 2.24) is 14.5 Å².